The fraction of sp³-hybridized carbons (Fsp3) is 0.348. The smallest absolute Gasteiger partial charge is 0.134 e. The topological polar surface area (TPSA) is 50.4 Å². The molecule has 0 unspecified atom stereocenters. The third-order valence-electron chi connectivity index (χ3n) is 5.69. The van der Waals surface area contributed by atoms with Gasteiger partial charge in [0.2, 0.25) is 0 Å². The van der Waals surface area contributed by atoms with Gasteiger partial charge in [0.15, 0.2) is 0 Å². The number of aromatic nitrogens is 2. The normalized spacial score (nSPS) is 17.1. The van der Waals surface area contributed by atoms with Gasteiger partial charge in [0, 0.05) is 53.5 Å². The molecule has 158 valence electrons. The standard InChI is InChI=1S/C23H25F2N3O2/c1-29-18-7-5-15(22(11-18)30-2)13-28-9-3-4-16(14-28)23-20(12-26-27-23)19-8-6-17(24)10-21(19)25/h5-8,10-12,16H,3-4,9,13-14H2,1-2H3,(H,26,27)/t16-/m1/s1. The van der Waals surface area contributed by atoms with E-state index in [4.69, 9.17) is 9.47 Å². The van der Waals surface area contributed by atoms with Crippen LogP contribution in [0, 0.1) is 11.6 Å². The lowest BCUT2D eigenvalue weighted by molar-refractivity contribution is 0.196. The Kier molecular flexibility index (Phi) is 5.99. The summed E-state index contributed by atoms with van der Waals surface area (Å²) in [6, 6.07) is 9.51. The Morgan fingerprint density at radius 3 is 2.73 bits per heavy atom. The first-order valence-corrected chi connectivity index (χ1v) is 10.0. The number of hydrogen-bond donors (Lipinski definition) is 1. The summed E-state index contributed by atoms with van der Waals surface area (Å²) >= 11 is 0. The molecule has 0 spiro atoms. The lowest BCUT2D eigenvalue weighted by Crippen LogP contribution is -2.34. The van der Waals surface area contributed by atoms with E-state index in [2.05, 4.69) is 15.1 Å². The number of halogens is 2. The molecule has 4 rings (SSSR count). The maximum Gasteiger partial charge on any atom is 0.134 e. The predicted octanol–water partition coefficient (Wildman–Crippen LogP) is 4.75. The number of ether oxygens (including phenoxy) is 2. The molecule has 7 heteroatoms. The molecule has 5 nitrogen and oxygen atoms in total. The zero-order valence-corrected chi connectivity index (χ0v) is 17.1. The first-order chi connectivity index (χ1) is 14.6. The van der Waals surface area contributed by atoms with Crippen LogP contribution in [-0.2, 0) is 6.54 Å². The van der Waals surface area contributed by atoms with Gasteiger partial charge in [-0.2, -0.15) is 5.10 Å². The van der Waals surface area contributed by atoms with Gasteiger partial charge in [-0.1, -0.05) is 6.07 Å². The molecule has 0 bridgehead atoms. The van der Waals surface area contributed by atoms with Crippen LogP contribution in [0.4, 0.5) is 8.78 Å². The van der Waals surface area contributed by atoms with Crippen molar-refractivity contribution >= 4 is 0 Å². The van der Waals surface area contributed by atoms with Crippen LogP contribution in [0.25, 0.3) is 11.1 Å². The molecular formula is C23H25F2N3O2. The van der Waals surface area contributed by atoms with Gasteiger partial charge in [-0.05, 0) is 37.6 Å². The van der Waals surface area contributed by atoms with Crippen LogP contribution in [0.1, 0.15) is 30.0 Å². The van der Waals surface area contributed by atoms with E-state index in [-0.39, 0.29) is 5.92 Å². The Morgan fingerprint density at radius 2 is 1.97 bits per heavy atom. The van der Waals surface area contributed by atoms with Gasteiger partial charge < -0.3 is 9.47 Å². The average molecular weight is 413 g/mol. The number of rotatable bonds is 6. The highest BCUT2D eigenvalue weighted by molar-refractivity contribution is 5.66. The first kappa shape index (κ1) is 20.3. The van der Waals surface area contributed by atoms with E-state index in [1.54, 1.807) is 20.4 Å². The van der Waals surface area contributed by atoms with Crippen LogP contribution in [0.5, 0.6) is 11.5 Å². The molecule has 30 heavy (non-hydrogen) atoms. The van der Waals surface area contributed by atoms with Gasteiger partial charge >= 0.3 is 0 Å². The molecule has 1 N–H and O–H groups in total. The van der Waals surface area contributed by atoms with Crippen LogP contribution in [0.3, 0.4) is 0 Å². The molecule has 1 atom stereocenters. The predicted molar refractivity (Wildman–Crippen MR) is 111 cm³/mol. The highest BCUT2D eigenvalue weighted by Gasteiger charge is 2.26. The third-order valence-corrected chi connectivity index (χ3v) is 5.69. The third kappa shape index (κ3) is 4.16. The lowest BCUT2D eigenvalue weighted by atomic mass is 9.90. The quantitative estimate of drug-likeness (QED) is 0.634. The van der Waals surface area contributed by atoms with Crippen molar-refractivity contribution in [1.82, 2.24) is 15.1 Å². The molecule has 1 saturated heterocycles. The van der Waals surface area contributed by atoms with Crippen molar-refractivity contribution in [2.45, 2.75) is 25.3 Å². The Balaban J connectivity index is 1.54. The van der Waals surface area contributed by atoms with Gasteiger partial charge in [0.05, 0.1) is 20.4 Å². The molecule has 1 aliphatic heterocycles. The van der Waals surface area contributed by atoms with Crippen LogP contribution < -0.4 is 9.47 Å². The number of methoxy groups -OCH3 is 2. The van der Waals surface area contributed by atoms with E-state index in [9.17, 15) is 8.78 Å². The van der Waals surface area contributed by atoms with Crippen LogP contribution >= 0.6 is 0 Å². The Labute approximate surface area is 174 Å². The summed E-state index contributed by atoms with van der Waals surface area (Å²) < 4.78 is 38.5. The van der Waals surface area contributed by atoms with Gasteiger partial charge in [-0.15, -0.1) is 0 Å². The van der Waals surface area contributed by atoms with Crippen molar-refractivity contribution in [3.63, 3.8) is 0 Å². The maximum atomic E-state index is 14.4. The van der Waals surface area contributed by atoms with Gasteiger partial charge in [0.1, 0.15) is 23.1 Å². The fourth-order valence-electron chi connectivity index (χ4n) is 4.19. The molecule has 1 fully saturated rings. The monoisotopic (exact) mass is 413 g/mol. The first-order valence-electron chi connectivity index (χ1n) is 10.0. The zero-order valence-electron chi connectivity index (χ0n) is 17.1. The van der Waals surface area contributed by atoms with E-state index < -0.39 is 11.6 Å². The number of aromatic amines is 1. The second kappa shape index (κ2) is 8.83. The molecule has 0 radical (unpaired) electrons. The van der Waals surface area contributed by atoms with E-state index in [0.29, 0.717) is 11.1 Å². The minimum atomic E-state index is -0.585. The summed E-state index contributed by atoms with van der Waals surface area (Å²) in [4.78, 5) is 2.37. The number of H-pyrrole nitrogens is 1. The molecule has 2 aromatic carbocycles. The van der Waals surface area contributed by atoms with Crippen molar-refractivity contribution in [3.8, 4) is 22.6 Å². The zero-order chi connectivity index (χ0) is 21.1. The molecule has 2 heterocycles. The van der Waals surface area contributed by atoms with E-state index >= 15 is 0 Å². The highest BCUT2D eigenvalue weighted by atomic mass is 19.1. The molecule has 1 aliphatic rings. The number of piperidine rings is 1. The lowest BCUT2D eigenvalue weighted by Gasteiger charge is -2.33. The number of likely N-dealkylation sites (tertiary alicyclic amines) is 1. The Morgan fingerprint density at radius 1 is 1.10 bits per heavy atom. The van der Waals surface area contributed by atoms with Crippen molar-refractivity contribution in [3.05, 3.63) is 65.5 Å². The summed E-state index contributed by atoms with van der Waals surface area (Å²) in [7, 11) is 3.29. The summed E-state index contributed by atoms with van der Waals surface area (Å²) in [6.07, 6.45) is 3.62. The second-order valence-electron chi connectivity index (χ2n) is 7.57. The summed E-state index contributed by atoms with van der Waals surface area (Å²) in [5.74, 6) is 0.583. The van der Waals surface area contributed by atoms with Gasteiger partial charge in [0.25, 0.3) is 0 Å². The van der Waals surface area contributed by atoms with E-state index in [1.165, 1.54) is 12.1 Å². The molecule has 1 aromatic heterocycles. The number of benzene rings is 2. The average Bonchev–Trinajstić information content (AvgIpc) is 3.24. The van der Waals surface area contributed by atoms with Crippen molar-refractivity contribution in [1.29, 1.82) is 0 Å². The van der Waals surface area contributed by atoms with Crippen LogP contribution in [0.2, 0.25) is 0 Å². The van der Waals surface area contributed by atoms with Crippen molar-refractivity contribution in [2.24, 2.45) is 0 Å². The van der Waals surface area contributed by atoms with Crippen molar-refractivity contribution in [2.75, 3.05) is 27.3 Å². The van der Waals surface area contributed by atoms with Crippen molar-refractivity contribution < 1.29 is 18.3 Å². The minimum absolute atomic E-state index is 0.185. The van der Waals surface area contributed by atoms with Crippen LogP contribution in [-0.4, -0.2) is 42.4 Å². The van der Waals surface area contributed by atoms with E-state index in [0.717, 1.165) is 61.3 Å². The Bertz CT molecular complexity index is 1020. The van der Waals surface area contributed by atoms with E-state index in [1.807, 2.05) is 18.2 Å². The molecular weight excluding hydrogens is 388 g/mol. The molecule has 0 saturated carbocycles. The summed E-state index contributed by atoms with van der Waals surface area (Å²) in [6.45, 7) is 2.53. The number of nitrogens with one attached hydrogen (secondary N) is 1. The maximum absolute atomic E-state index is 14.4. The second-order valence-corrected chi connectivity index (χ2v) is 7.57. The summed E-state index contributed by atoms with van der Waals surface area (Å²) in [5.41, 5.74) is 3.05. The summed E-state index contributed by atoms with van der Waals surface area (Å²) in [5, 5.41) is 7.21. The Hall–Kier alpha value is -2.93. The molecule has 0 amide bonds. The number of hydrogen-bond acceptors (Lipinski definition) is 4. The fourth-order valence-corrected chi connectivity index (χ4v) is 4.19. The SMILES string of the molecule is COc1ccc(CN2CCC[C@@H](c3[nH]ncc3-c3ccc(F)cc3F)C2)c(OC)c1. The minimum Gasteiger partial charge on any atom is -0.497 e. The number of nitrogens with zero attached hydrogens (tertiary/aromatic N) is 2. The molecule has 0 aliphatic carbocycles. The van der Waals surface area contributed by atoms with Gasteiger partial charge in [-0.25, -0.2) is 8.78 Å². The van der Waals surface area contributed by atoms with Gasteiger partial charge in [-0.3, -0.25) is 10.00 Å². The molecule has 3 aromatic rings. The van der Waals surface area contributed by atoms with Crippen LogP contribution in [0.15, 0.2) is 42.6 Å². The highest BCUT2D eigenvalue weighted by Crippen LogP contribution is 2.35. The largest absolute Gasteiger partial charge is 0.497 e.